The van der Waals surface area contributed by atoms with Crippen molar-refractivity contribution in [3.8, 4) is 0 Å². The second-order valence-electron chi connectivity index (χ2n) is 4.48. The van der Waals surface area contributed by atoms with E-state index in [2.05, 4.69) is 5.10 Å². The fourth-order valence-electron chi connectivity index (χ4n) is 1.99. The van der Waals surface area contributed by atoms with E-state index in [0.29, 0.717) is 12.2 Å². The van der Waals surface area contributed by atoms with Crippen LogP contribution in [-0.2, 0) is 29.5 Å². The summed E-state index contributed by atoms with van der Waals surface area (Å²) >= 11 is 0. The zero-order valence-corrected chi connectivity index (χ0v) is 12.4. The molecule has 0 amide bonds. The highest BCUT2D eigenvalue weighted by Crippen LogP contribution is 2.19. The molecule has 1 unspecified atom stereocenters. The predicted octanol–water partition coefficient (Wildman–Crippen LogP) is 2.49. The molecule has 0 spiro atoms. The third kappa shape index (κ3) is 3.07. The van der Waals surface area contributed by atoms with Gasteiger partial charge in [0, 0.05) is 12.2 Å². The van der Waals surface area contributed by atoms with Crippen LogP contribution in [0.1, 0.15) is 25.2 Å². The van der Waals surface area contributed by atoms with Crippen molar-refractivity contribution in [3.63, 3.8) is 0 Å². The number of nitrogen functional groups attached to an aromatic ring is 1. The summed E-state index contributed by atoms with van der Waals surface area (Å²) in [6.45, 7) is 4.70. The lowest BCUT2D eigenvalue weighted by Gasteiger charge is -2.06. The maximum Gasteiger partial charge on any atom is 0.141 e. The highest BCUT2D eigenvalue weighted by molar-refractivity contribution is 7.84. The Kier molecular flexibility index (Phi) is 4.54. The standard InChI is InChI=1S/C14H18FN3OS/c1-3-11-8-12(18(4-2)17-11)9-20(19)14-6-5-10(16)7-13(14)15/h5-8H,3-4,9,16H2,1-2H3. The highest BCUT2D eigenvalue weighted by Gasteiger charge is 2.14. The molecule has 0 fully saturated rings. The van der Waals surface area contributed by atoms with Gasteiger partial charge in [-0.15, -0.1) is 0 Å². The van der Waals surface area contributed by atoms with Gasteiger partial charge in [0.2, 0.25) is 0 Å². The summed E-state index contributed by atoms with van der Waals surface area (Å²) in [7, 11) is -1.45. The molecule has 20 heavy (non-hydrogen) atoms. The Labute approximate surface area is 120 Å². The number of nitrogens with two attached hydrogens (primary N) is 1. The quantitative estimate of drug-likeness (QED) is 0.862. The van der Waals surface area contributed by atoms with Gasteiger partial charge in [0.1, 0.15) is 5.82 Å². The van der Waals surface area contributed by atoms with E-state index in [0.717, 1.165) is 17.8 Å². The number of aromatic nitrogens is 2. The Hall–Kier alpha value is -1.69. The van der Waals surface area contributed by atoms with Gasteiger partial charge in [0.25, 0.3) is 0 Å². The number of anilines is 1. The Morgan fingerprint density at radius 2 is 2.10 bits per heavy atom. The summed E-state index contributed by atoms with van der Waals surface area (Å²) in [5.41, 5.74) is 7.64. The molecule has 1 heterocycles. The fraction of sp³-hybridized carbons (Fsp3) is 0.357. The smallest absolute Gasteiger partial charge is 0.141 e. The van der Waals surface area contributed by atoms with Crippen LogP contribution in [0.4, 0.5) is 10.1 Å². The van der Waals surface area contributed by atoms with Crippen LogP contribution in [0.25, 0.3) is 0 Å². The van der Waals surface area contributed by atoms with Crippen molar-refractivity contribution < 1.29 is 8.60 Å². The minimum atomic E-state index is -1.45. The summed E-state index contributed by atoms with van der Waals surface area (Å²) < 4.78 is 27.9. The molecule has 6 heteroatoms. The van der Waals surface area contributed by atoms with E-state index >= 15 is 0 Å². The van der Waals surface area contributed by atoms with E-state index in [4.69, 9.17) is 5.73 Å². The van der Waals surface area contributed by atoms with Crippen molar-refractivity contribution in [3.05, 3.63) is 41.5 Å². The molecule has 2 aromatic rings. The summed E-state index contributed by atoms with van der Waals surface area (Å²) in [6, 6.07) is 6.16. The lowest BCUT2D eigenvalue weighted by atomic mass is 10.3. The topological polar surface area (TPSA) is 60.9 Å². The molecule has 108 valence electrons. The van der Waals surface area contributed by atoms with Gasteiger partial charge >= 0.3 is 0 Å². The highest BCUT2D eigenvalue weighted by atomic mass is 32.2. The van der Waals surface area contributed by atoms with E-state index in [1.165, 1.54) is 12.1 Å². The first-order chi connectivity index (χ1) is 9.55. The van der Waals surface area contributed by atoms with Crippen molar-refractivity contribution >= 4 is 16.5 Å². The zero-order valence-electron chi connectivity index (χ0n) is 11.6. The Balaban J connectivity index is 2.25. The summed E-state index contributed by atoms with van der Waals surface area (Å²) in [4.78, 5) is 0.182. The number of rotatable bonds is 5. The number of hydrogen-bond acceptors (Lipinski definition) is 3. The van der Waals surface area contributed by atoms with E-state index < -0.39 is 16.6 Å². The number of hydrogen-bond donors (Lipinski definition) is 1. The van der Waals surface area contributed by atoms with Crippen molar-refractivity contribution in [2.24, 2.45) is 0 Å². The summed E-state index contributed by atoms with van der Waals surface area (Å²) in [5, 5.41) is 4.40. The molecule has 0 aliphatic heterocycles. The molecule has 1 atom stereocenters. The Bertz CT molecular complexity index is 639. The van der Waals surface area contributed by atoms with Gasteiger partial charge in [-0.05, 0) is 37.6 Å². The first kappa shape index (κ1) is 14.7. The number of benzene rings is 1. The molecule has 0 saturated carbocycles. The van der Waals surface area contributed by atoms with Gasteiger partial charge in [0.05, 0.1) is 32.8 Å². The zero-order chi connectivity index (χ0) is 14.7. The molecule has 2 N–H and O–H groups in total. The van der Waals surface area contributed by atoms with Crippen LogP contribution in [0.3, 0.4) is 0 Å². The normalized spacial score (nSPS) is 12.6. The van der Waals surface area contributed by atoms with Crippen LogP contribution in [0, 0.1) is 5.82 Å². The minimum absolute atomic E-state index is 0.182. The van der Waals surface area contributed by atoms with Gasteiger partial charge in [-0.3, -0.25) is 8.89 Å². The third-order valence-electron chi connectivity index (χ3n) is 3.06. The van der Waals surface area contributed by atoms with Gasteiger partial charge in [-0.2, -0.15) is 5.10 Å². The molecule has 2 rings (SSSR count). The lowest BCUT2D eigenvalue weighted by molar-refractivity contribution is 0.594. The maximum absolute atomic E-state index is 13.8. The molecule has 0 radical (unpaired) electrons. The Morgan fingerprint density at radius 3 is 2.70 bits per heavy atom. The van der Waals surface area contributed by atoms with Gasteiger partial charge in [-0.25, -0.2) is 4.39 Å². The number of nitrogens with zero attached hydrogens (tertiary/aromatic N) is 2. The third-order valence-corrected chi connectivity index (χ3v) is 4.44. The monoisotopic (exact) mass is 295 g/mol. The van der Waals surface area contributed by atoms with Crippen LogP contribution in [0.5, 0.6) is 0 Å². The molecule has 1 aromatic heterocycles. The number of halogens is 1. The van der Waals surface area contributed by atoms with Crippen LogP contribution < -0.4 is 5.73 Å². The minimum Gasteiger partial charge on any atom is -0.399 e. The average molecular weight is 295 g/mol. The van der Waals surface area contributed by atoms with Crippen molar-refractivity contribution in [2.45, 2.75) is 37.5 Å². The molecule has 0 bridgehead atoms. The molecule has 1 aromatic carbocycles. The SMILES string of the molecule is CCc1cc(CS(=O)c2ccc(N)cc2F)n(CC)n1. The maximum atomic E-state index is 13.8. The van der Waals surface area contributed by atoms with Crippen molar-refractivity contribution in [1.82, 2.24) is 9.78 Å². The first-order valence-corrected chi connectivity index (χ1v) is 7.86. The number of aryl methyl sites for hydroxylation is 2. The molecular weight excluding hydrogens is 277 g/mol. The molecular formula is C14H18FN3OS. The fourth-order valence-corrected chi connectivity index (χ4v) is 3.14. The Morgan fingerprint density at radius 1 is 1.35 bits per heavy atom. The van der Waals surface area contributed by atoms with E-state index in [1.54, 1.807) is 6.07 Å². The van der Waals surface area contributed by atoms with E-state index in [9.17, 15) is 8.60 Å². The second-order valence-corrected chi connectivity index (χ2v) is 5.90. The largest absolute Gasteiger partial charge is 0.399 e. The van der Waals surface area contributed by atoms with Gasteiger partial charge < -0.3 is 5.73 Å². The second kappa shape index (κ2) is 6.17. The lowest BCUT2D eigenvalue weighted by Crippen LogP contribution is -2.07. The molecule has 0 saturated heterocycles. The molecule has 4 nitrogen and oxygen atoms in total. The first-order valence-electron chi connectivity index (χ1n) is 6.54. The van der Waals surface area contributed by atoms with Crippen molar-refractivity contribution in [2.75, 3.05) is 5.73 Å². The summed E-state index contributed by atoms with van der Waals surface area (Å²) in [5.74, 6) is -0.275. The van der Waals surface area contributed by atoms with Crippen LogP contribution in [0.2, 0.25) is 0 Å². The summed E-state index contributed by atoms with van der Waals surface area (Å²) in [6.07, 6.45) is 0.822. The van der Waals surface area contributed by atoms with Crippen LogP contribution in [0.15, 0.2) is 29.2 Å². The van der Waals surface area contributed by atoms with Crippen LogP contribution in [-0.4, -0.2) is 14.0 Å². The van der Waals surface area contributed by atoms with Gasteiger partial charge in [-0.1, -0.05) is 6.92 Å². The van der Waals surface area contributed by atoms with Crippen molar-refractivity contribution in [1.29, 1.82) is 0 Å². The molecule has 0 aliphatic rings. The van der Waals surface area contributed by atoms with Gasteiger partial charge in [0.15, 0.2) is 0 Å². The van der Waals surface area contributed by atoms with Crippen LogP contribution >= 0.6 is 0 Å². The molecule has 0 aliphatic carbocycles. The average Bonchev–Trinajstić information content (AvgIpc) is 2.80. The van der Waals surface area contributed by atoms with E-state index in [-0.39, 0.29) is 10.6 Å². The van der Waals surface area contributed by atoms with E-state index in [1.807, 2.05) is 24.6 Å². The predicted molar refractivity (Wildman–Crippen MR) is 78.2 cm³/mol.